The van der Waals surface area contributed by atoms with E-state index in [0.29, 0.717) is 18.3 Å². The van der Waals surface area contributed by atoms with Crippen molar-refractivity contribution in [1.82, 2.24) is 15.4 Å². The number of hydrogen-bond donors (Lipinski definition) is 6. The molecule has 0 bridgehead atoms. The Bertz CT molecular complexity index is 947. The third kappa shape index (κ3) is 11.2. The maximum absolute atomic E-state index is 12.4. The molecule has 3 atom stereocenters. The van der Waals surface area contributed by atoms with Gasteiger partial charge in [0.15, 0.2) is 5.96 Å². The number of benzene rings is 1. The standard InChI is InChI=1S/C20H30N6O6S/c1-14(18(29)25-16(12-27)8-5-10-23-20(21)22)24-19(30)17(13-28)26-33(31,32)11-9-15-6-3-2-4-7-15/h2-4,6-7,9,11-12,14,16-17,26,28H,5,8,10,13H2,1H3,(H,24,30)(H,25,29)(H4,21,22,23)/b11-9+. The van der Waals surface area contributed by atoms with Crippen LogP contribution in [0.15, 0.2) is 40.7 Å². The Labute approximate surface area is 192 Å². The van der Waals surface area contributed by atoms with Gasteiger partial charge in [-0.05, 0) is 31.4 Å². The van der Waals surface area contributed by atoms with Gasteiger partial charge in [-0.1, -0.05) is 30.3 Å². The highest BCUT2D eigenvalue weighted by molar-refractivity contribution is 7.92. The third-order valence-corrected chi connectivity index (χ3v) is 5.36. The van der Waals surface area contributed by atoms with E-state index in [1.807, 2.05) is 0 Å². The molecule has 0 radical (unpaired) electrons. The van der Waals surface area contributed by atoms with Crippen LogP contribution < -0.4 is 26.8 Å². The number of aldehydes is 1. The molecule has 0 fully saturated rings. The Morgan fingerprint density at radius 1 is 1.15 bits per heavy atom. The minimum Gasteiger partial charge on any atom is -0.394 e. The second kappa shape index (κ2) is 14.0. The van der Waals surface area contributed by atoms with E-state index in [4.69, 9.17) is 11.5 Å². The third-order valence-electron chi connectivity index (χ3n) is 4.26. The lowest BCUT2D eigenvalue weighted by molar-refractivity contribution is -0.130. The highest BCUT2D eigenvalue weighted by atomic mass is 32.2. The predicted molar refractivity (Wildman–Crippen MR) is 124 cm³/mol. The van der Waals surface area contributed by atoms with E-state index in [1.165, 1.54) is 13.0 Å². The lowest BCUT2D eigenvalue weighted by Crippen LogP contribution is -2.54. The van der Waals surface area contributed by atoms with Gasteiger partial charge >= 0.3 is 0 Å². The van der Waals surface area contributed by atoms with E-state index in [0.717, 1.165) is 5.41 Å². The summed E-state index contributed by atoms with van der Waals surface area (Å²) >= 11 is 0. The summed E-state index contributed by atoms with van der Waals surface area (Å²) in [4.78, 5) is 39.6. The van der Waals surface area contributed by atoms with Crippen molar-refractivity contribution in [2.24, 2.45) is 16.5 Å². The van der Waals surface area contributed by atoms with E-state index >= 15 is 0 Å². The molecule has 0 saturated heterocycles. The summed E-state index contributed by atoms with van der Waals surface area (Å²) in [6.07, 6.45) is 2.59. The number of carbonyl (C=O) groups excluding carboxylic acids is 3. The predicted octanol–water partition coefficient (Wildman–Crippen LogP) is -1.82. The quantitative estimate of drug-likeness (QED) is 0.0768. The SMILES string of the molecule is CC(NC(=O)C(CO)NS(=O)(=O)/C=C/c1ccccc1)C(=O)NC(C=O)CCCN=C(N)N. The van der Waals surface area contributed by atoms with Crippen molar-refractivity contribution in [2.75, 3.05) is 13.2 Å². The first-order chi connectivity index (χ1) is 15.6. The number of sulfonamides is 1. The van der Waals surface area contributed by atoms with Crippen LogP contribution in [0.2, 0.25) is 0 Å². The second-order valence-corrected chi connectivity index (χ2v) is 8.64. The molecule has 13 heteroatoms. The van der Waals surface area contributed by atoms with E-state index in [2.05, 4.69) is 20.3 Å². The molecule has 0 spiro atoms. The van der Waals surface area contributed by atoms with Crippen LogP contribution in [0.1, 0.15) is 25.3 Å². The minimum absolute atomic E-state index is 0.0809. The summed E-state index contributed by atoms with van der Waals surface area (Å²) in [6.45, 7) is 0.805. The fourth-order valence-electron chi connectivity index (χ4n) is 2.52. The lowest BCUT2D eigenvalue weighted by Gasteiger charge is -2.20. The molecule has 2 amide bonds. The molecule has 0 aliphatic heterocycles. The summed E-state index contributed by atoms with van der Waals surface area (Å²) in [7, 11) is -4.06. The van der Waals surface area contributed by atoms with E-state index in [1.54, 1.807) is 30.3 Å². The first-order valence-corrected chi connectivity index (χ1v) is 11.6. The maximum Gasteiger partial charge on any atom is 0.242 e. The van der Waals surface area contributed by atoms with Gasteiger partial charge < -0.3 is 32.0 Å². The summed E-state index contributed by atoms with van der Waals surface area (Å²) < 4.78 is 26.5. The molecule has 0 aliphatic carbocycles. The molecule has 0 heterocycles. The van der Waals surface area contributed by atoms with Crippen molar-refractivity contribution in [1.29, 1.82) is 0 Å². The highest BCUT2D eigenvalue weighted by Crippen LogP contribution is 2.04. The topological polar surface area (TPSA) is 206 Å². The summed E-state index contributed by atoms with van der Waals surface area (Å²) in [5, 5.41) is 15.1. The zero-order valence-corrected chi connectivity index (χ0v) is 19.0. The van der Waals surface area contributed by atoms with Gasteiger partial charge in [-0.25, -0.2) is 8.42 Å². The summed E-state index contributed by atoms with van der Waals surface area (Å²) in [5.74, 6) is -1.65. The van der Waals surface area contributed by atoms with Gasteiger partial charge in [0.1, 0.15) is 18.4 Å². The molecule has 1 rings (SSSR count). The number of aliphatic imine (C=N–C) groups is 1. The molecule has 0 saturated carbocycles. The fourth-order valence-corrected chi connectivity index (χ4v) is 3.52. The Hall–Kier alpha value is -3.29. The van der Waals surface area contributed by atoms with Gasteiger partial charge in [-0.3, -0.25) is 14.6 Å². The smallest absolute Gasteiger partial charge is 0.242 e. The van der Waals surface area contributed by atoms with Crippen molar-refractivity contribution < 1.29 is 27.9 Å². The molecule has 0 aliphatic rings. The molecule has 1 aromatic rings. The normalized spacial score (nSPS) is 14.1. The number of rotatable bonds is 14. The van der Waals surface area contributed by atoms with Gasteiger partial charge in [-0.2, -0.15) is 4.72 Å². The summed E-state index contributed by atoms with van der Waals surface area (Å²) in [5.41, 5.74) is 11.0. The average Bonchev–Trinajstić information content (AvgIpc) is 2.78. The largest absolute Gasteiger partial charge is 0.394 e. The van der Waals surface area contributed by atoms with Crippen molar-refractivity contribution in [3.05, 3.63) is 41.3 Å². The molecule has 12 nitrogen and oxygen atoms in total. The van der Waals surface area contributed by atoms with Crippen LogP contribution >= 0.6 is 0 Å². The van der Waals surface area contributed by atoms with E-state index in [9.17, 15) is 27.9 Å². The first kappa shape index (κ1) is 27.7. The number of guanidine groups is 1. The van der Waals surface area contributed by atoms with Crippen molar-refractivity contribution in [2.45, 2.75) is 37.9 Å². The van der Waals surface area contributed by atoms with Crippen molar-refractivity contribution in [3.63, 3.8) is 0 Å². The van der Waals surface area contributed by atoms with Crippen LogP contribution in [0.3, 0.4) is 0 Å². The number of aliphatic hydroxyl groups is 1. The first-order valence-electron chi connectivity index (χ1n) is 10.1. The lowest BCUT2D eigenvalue weighted by atomic mass is 10.1. The Morgan fingerprint density at radius 2 is 1.82 bits per heavy atom. The van der Waals surface area contributed by atoms with Gasteiger partial charge in [0.05, 0.1) is 12.6 Å². The zero-order valence-electron chi connectivity index (χ0n) is 18.2. The number of amides is 2. The second-order valence-electron chi connectivity index (χ2n) is 7.04. The van der Waals surface area contributed by atoms with Gasteiger partial charge in [0.25, 0.3) is 0 Å². The monoisotopic (exact) mass is 482 g/mol. The van der Waals surface area contributed by atoms with Gasteiger partial charge in [-0.15, -0.1) is 0 Å². The van der Waals surface area contributed by atoms with Crippen LogP contribution in [-0.2, 0) is 24.4 Å². The van der Waals surface area contributed by atoms with Crippen LogP contribution in [0, 0.1) is 0 Å². The molecule has 182 valence electrons. The van der Waals surface area contributed by atoms with E-state index in [-0.39, 0.29) is 18.9 Å². The fraction of sp³-hybridized carbons (Fsp3) is 0.400. The molecule has 8 N–H and O–H groups in total. The van der Waals surface area contributed by atoms with Crippen LogP contribution in [0.25, 0.3) is 6.08 Å². The van der Waals surface area contributed by atoms with Crippen LogP contribution in [-0.4, -0.2) is 68.9 Å². The summed E-state index contributed by atoms with van der Waals surface area (Å²) in [6, 6.07) is 5.18. The Kier molecular flexibility index (Phi) is 11.8. The average molecular weight is 483 g/mol. The van der Waals surface area contributed by atoms with Gasteiger partial charge in [0.2, 0.25) is 21.8 Å². The number of nitrogens with one attached hydrogen (secondary N) is 3. The number of aliphatic hydroxyl groups excluding tert-OH is 1. The van der Waals surface area contributed by atoms with Crippen molar-refractivity contribution in [3.8, 4) is 0 Å². The van der Waals surface area contributed by atoms with E-state index < -0.39 is 46.6 Å². The number of carbonyl (C=O) groups is 3. The zero-order chi connectivity index (χ0) is 24.9. The Morgan fingerprint density at radius 3 is 2.39 bits per heavy atom. The Balaban J connectivity index is 2.62. The van der Waals surface area contributed by atoms with Crippen LogP contribution in [0.4, 0.5) is 0 Å². The molecule has 33 heavy (non-hydrogen) atoms. The van der Waals surface area contributed by atoms with Crippen molar-refractivity contribution >= 4 is 40.2 Å². The molecular weight excluding hydrogens is 452 g/mol. The number of nitrogens with two attached hydrogens (primary N) is 2. The van der Waals surface area contributed by atoms with Crippen LogP contribution in [0.5, 0.6) is 0 Å². The number of hydrogen-bond acceptors (Lipinski definition) is 7. The molecule has 1 aromatic carbocycles. The van der Waals surface area contributed by atoms with Gasteiger partial charge in [0, 0.05) is 12.0 Å². The number of nitrogens with zero attached hydrogens (tertiary/aromatic N) is 1. The molecule has 0 aromatic heterocycles. The molecule has 3 unspecified atom stereocenters. The maximum atomic E-state index is 12.4. The molecular formula is C20H30N6O6S. The highest BCUT2D eigenvalue weighted by Gasteiger charge is 2.26. The minimum atomic E-state index is -4.06.